The molecule has 7 heteroatoms. The van der Waals surface area contributed by atoms with Gasteiger partial charge in [-0.3, -0.25) is 4.99 Å². The predicted octanol–water partition coefficient (Wildman–Crippen LogP) is 2.10. The van der Waals surface area contributed by atoms with E-state index in [1.54, 1.807) is 0 Å². The molecule has 0 amide bonds. The van der Waals surface area contributed by atoms with E-state index in [1.165, 1.54) is 22.0 Å². The first-order valence-electron chi connectivity index (χ1n) is 9.57. The van der Waals surface area contributed by atoms with E-state index < -0.39 is 0 Å². The molecule has 3 N–H and O–H groups in total. The largest absolute Gasteiger partial charge is 0.361 e. The Kier molecular flexibility index (Phi) is 4.83. The van der Waals surface area contributed by atoms with Crippen LogP contribution < -0.4 is 10.6 Å². The molecule has 1 unspecified atom stereocenters. The number of rotatable bonds is 4. The van der Waals surface area contributed by atoms with Gasteiger partial charge in [-0.05, 0) is 37.8 Å². The summed E-state index contributed by atoms with van der Waals surface area (Å²) in [7, 11) is 1.82. The fourth-order valence-corrected chi connectivity index (χ4v) is 3.83. The highest BCUT2D eigenvalue weighted by atomic mass is 15.4. The zero-order valence-corrected chi connectivity index (χ0v) is 16.2. The first-order chi connectivity index (χ1) is 13.1. The minimum Gasteiger partial charge on any atom is -0.361 e. The first-order valence-corrected chi connectivity index (χ1v) is 9.57. The molecule has 2 aromatic heterocycles. The van der Waals surface area contributed by atoms with Crippen LogP contribution in [0.5, 0.6) is 0 Å². The van der Waals surface area contributed by atoms with Crippen molar-refractivity contribution in [2.45, 2.75) is 45.7 Å². The van der Waals surface area contributed by atoms with Crippen LogP contribution in [0.1, 0.15) is 29.2 Å². The summed E-state index contributed by atoms with van der Waals surface area (Å²) in [4.78, 5) is 12.2. The number of aromatic nitrogens is 4. The van der Waals surface area contributed by atoms with Crippen LogP contribution in [-0.2, 0) is 19.4 Å². The van der Waals surface area contributed by atoms with Crippen molar-refractivity contribution in [3.05, 3.63) is 47.2 Å². The van der Waals surface area contributed by atoms with Gasteiger partial charge in [0.1, 0.15) is 11.6 Å². The molecule has 1 aromatic carbocycles. The number of para-hydroxylation sites is 1. The quantitative estimate of drug-likeness (QED) is 0.488. The number of aromatic amines is 1. The van der Waals surface area contributed by atoms with Crippen LogP contribution in [0.15, 0.2) is 29.4 Å². The fourth-order valence-electron chi connectivity index (χ4n) is 3.83. The lowest BCUT2D eigenvalue weighted by Gasteiger charge is -2.25. The SMILES string of the molecule is CN=C(NCCc1c[nH]c2c(C)cccc12)NC1CCc2nc(C)nn2C1. The molecule has 0 spiro atoms. The molecule has 0 fully saturated rings. The van der Waals surface area contributed by atoms with E-state index in [4.69, 9.17) is 0 Å². The van der Waals surface area contributed by atoms with Crippen LogP contribution in [0.2, 0.25) is 0 Å². The summed E-state index contributed by atoms with van der Waals surface area (Å²) in [5.74, 6) is 2.78. The topological polar surface area (TPSA) is 82.9 Å². The molecule has 4 rings (SSSR count). The van der Waals surface area contributed by atoms with Crippen molar-refractivity contribution in [1.29, 1.82) is 0 Å². The zero-order valence-electron chi connectivity index (χ0n) is 16.2. The van der Waals surface area contributed by atoms with Crippen LogP contribution in [-0.4, -0.2) is 45.3 Å². The lowest BCUT2D eigenvalue weighted by molar-refractivity contribution is 0.392. The predicted molar refractivity (Wildman–Crippen MR) is 108 cm³/mol. The molecule has 142 valence electrons. The van der Waals surface area contributed by atoms with Gasteiger partial charge < -0.3 is 15.6 Å². The number of aryl methyl sites for hydroxylation is 3. The molecule has 0 aliphatic carbocycles. The van der Waals surface area contributed by atoms with Crippen LogP contribution in [0, 0.1) is 13.8 Å². The summed E-state index contributed by atoms with van der Waals surface area (Å²) in [6.07, 6.45) is 5.05. The average Bonchev–Trinajstić information content (AvgIpc) is 3.24. The third kappa shape index (κ3) is 3.67. The van der Waals surface area contributed by atoms with Gasteiger partial charge in [-0.1, -0.05) is 18.2 Å². The highest BCUT2D eigenvalue weighted by molar-refractivity contribution is 5.86. The van der Waals surface area contributed by atoms with Crippen molar-refractivity contribution < 1.29 is 0 Å². The summed E-state index contributed by atoms with van der Waals surface area (Å²) >= 11 is 0. The van der Waals surface area contributed by atoms with E-state index in [-0.39, 0.29) is 0 Å². The normalized spacial score (nSPS) is 17.1. The van der Waals surface area contributed by atoms with E-state index in [9.17, 15) is 0 Å². The molecule has 3 heterocycles. The lowest BCUT2D eigenvalue weighted by Crippen LogP contribution is -2.47. The Morgan fingerprint density at radius 1 is 1.37 bits per heavy atom. The summed E-state index contributed by atoms with van der Waals surface area (Å²) in [6, 6.07) is 6.76. The molecule has 0 saturated carbocycles. The van der Waals surface area contributed by atoms with Crippen LogP contribution in [0.3, 0.4) is 0 Å². The molecule has 0 saturated heterocycles. The smallest absolute Gasteiger partial charge is 0.191 e. The minimum absolute atomic E-state index is 0.320. The molecule has 0 bridgehead atoms. The number of guanidine groups is 1. The van der Waals surface area contributed by atoms with Crippen LogP contribution in [0.4, 0.5) is 0 Å². The van der Waals surface area contributed by atoms with E-state index in [0.29, 0.717) is 6.04 Å². The van der Waals surface area contributed by atoms with E-state index >= 15 is 0 Å². The number of hydrogen-bond acceptors (Lipinski definition) is 3. The molecule has 1 atom stereocenters. The van der Waals surface area contributed by atoms with Gasteiger partial charge in [-0.2, -0.15) is 5.10 Å². The van der Waals surface area contributed by atoms with Crippen molar-refractivity contribution in [3.8, 4) is 0 Å². The molecule has 3 aromatic rings. The van der Waals surface area contributed by atoms with E-state index in [0.717, 1.165) is 50.0 Å². The standard InChI is InChI=1S/C20H27N7/c1-13-5-4-6-17-15(11-23-19(13)17)9-10-22-20(21-3)25-16-7-8-18-24-14(2)26-27(18)12-16/h4-6,11,16,23H,7-10,12H2,1-3H3,(H2,21,22,25). The number of fused-ring (bicyclic) bond motifs is 2. The van der Waals surface area contributed by atoms with Crippen molar-refractivity contribution >= 4 is 16.9 Å². The Morgan fingerprint density at radius 3 is 3.11 bits per heavy atom. The van der Waals surface area contributed by atoms with Gasteiger partial charge in [-0.15, -0.1) is 0 Å². The maximum atomic E-state index is 4.47. The third-order valence-electron chi connectivity index (χ3n) is 5.22. The summed E-state index contributed by atoms with van der Waals surface area (Å²) in [5.41, 5.74) is 3.84. The lowest BCUT2D eigenvalue weighted by atomic mass is 10.1. The second kappa shape index (κ2) is 7.42. The molecule has 1 aliphatic rings. The summed E-state index contributed by atoms with van der Waals surface area (Å²) in [5, 5.41) is 12.7. The number of nitrogens with zero attached hydrogens (tertiary/aromatic N) is 4. The Morgan fingerprint density at radius 2 is 2.26 bits per heavy atom. The number of nitrogens with one attached hydrogen (secondary N) is 3. The number of benzene rings is 1. The Bertz CT molecular complexity index is 966. The average molecular weight is 365 g/mol. The highest BCUT2D eigenvalue weighted by Crippen LogP contribution is 2.21. The van der Waals surface area contributed by atoms with Crippen LogP contribution >= 0.6 is 0 Å². The van der Waals surface area contributed by atoms with Crippen molar-refractivity contribution in [2.75, 3.05) is 13.6 Å². The van der Waals surface area contributed by atoms with Gasteiger partial charge >= 0.3 is 0 Å². The maximum absolute atomic E-state index is 4.47. The molecule has 1 aliphatic heterocycles. The number of hydrogen-bond donors (Lipinski definition) is 3. The second-order valence-corrected chi connectivity index (χ2v) is 7.20. The molecule has 7 nitrogen and oxygen atoms in total. The van der Waals surface area contributed by atoms with Crippen molar-refractivity contribution in [2.24, 2.45) is 4.99 Å². The van der Waals surface area contributed by atoms with E-state index in [1.807, 2.05) is 18.7 Å². The molecular weight excluding hydrogens is 338 g/mol. The van der Waals surface area contributed by atoms with Gasteiger partial charge in [0, 0.05) is 43.2 Å². The second-order valence-electron chi connectivity index (χ2n) is 7.20. The van der Waals surface area contributed by atoms with Crippen molar-refractivity contribution in [3.63, 3.8) is 0 Å². The van der Waals surface area contributed by atoms with Gasteiger partial charge in [0.15, 0.2) is 5.96 Å². The fraction of sp³-hybridized carbons (Fsp3) is 0.450. The summed E-state index contributed by atoms with van der Waals surface area (Å²) < 4.78 is 2.01. The monoisotopic (exact) mass is 365 g/mol. The van der Waals surface area contributed by atoms with Crippen LogP contribution in [0.25, 0.3) is 10.9 Å². The zero-order chi connectivity index (χ0) is 18.8. The first kappa shape index (κ1) is 17.6. The Labute approximate surface area is 159 Å². The Balaban J connectivity index is 1.32. The maximum Gasteiger partial charge on any atom is 0.191 e. The number of H-pyrrole nitrogens is 1. The van der Waals surface area contributed by atoms with Gasteiger partial charge in [0.05, 0.1) is 6.54 Å². The van der Waals surface area contributed by atoms with Gasteiger partial charge in [-0.25, -0.2) is 9.67 Å². The number of aliphatic imine (C=N–C) groups is 1. The minimum atomic E-state index is 0.320. The molecule has 27 heavy (non-hydrogen) atoms. The van der Waals surface area contributed by atoms with Crippen molar-refractivity contribution in [1.82, 2.24) is 30.4 Å². The van der Waals surface area contributed by atoms with E-state index in [2.05, 4.69) is 62.0 Å². The Hall–Kier alpha value is -2.83. The molecular formula is C20H27N7. The highest BCUT2D eigenvalue weighted by Gasteiger charge is 2.21. The third-order valence-corrected chi connectivity index (χ3v) is 5.22. The van der Waals surface area contributed by atoms with Gasteiger partial charge in [0.25, 0.3) is 0 Å². The molecule has 0 radical (unpaired) electrons. The van der Waals surface area contributed by atoms with Gasteiger partial charge in [0.2, 0.25) is 0 Å². The summed E-state index contributed by atoms with van der Waals surface area (Å²) in [6.45, 7) is 5.75.